The minimum atomic E-state index is -0.0958. The van der Waals surface area contributed by atoms with Crippen LogP contribution < -0.4 is 10.1 Å². The van der Waals surface area contributed by atoms with E-state index in [1.807, 2.05) is 42.5 Å². The second kappa shape index (κ2) is 8.14. The Balaban J connectivity index is 1.46. The minimum Gasteiger partial charge on any atom is -0.497 e. The van der Waals surface area contributed by atoms with Crippen LogP contribution in [-0.4, -0.2) is 18.0 Å². The highest BCUT2D eigenvalue weighted by Gasteiger charge is 2.19. The number of nitrogens with one attached hydrogen (secondary N) is 1. The highest BCUT2D eigenvalue weighted by Crippen LogP contribution is 2.39. The van der Waals surface area contributed by atoms with Crippen LogP contribution in [0, 0.1) is 0 Å². The van der Waals surface area contributed by atoms with Gasteiger partial charge >= 0.3 is 0 Å². The molecule has 7 heteroatoms. The van der Waals surface area contributed by atoms with Crippen molar-refractivity contribution >= 4 is 22.4 Å². The van der Waals surface area contributed by atoms with Gasteiger partial charge < -0.3 is 18.9 Å². The van der Waals surface area contributed by atoms with Crippen LogP contribution >= 0.6 is 11.3 Å². The average molecular weight is 394 g/mol. The Morgan fingerprint density at radius 2 is 1.79 bits per heavy atom. The number of carbonyl (C=O) groups is 1. The van der Waals surface area contributed by atoms with Gasteiger partial charge in [-0.25, -0.2) is 4.98 Å². The summed E-state index contributed by atoms with van der Waals surface area (Å²) in [5, 5.41) is 3.39. The fourth-order valence-corrected chi connectivity index (χ4v) is 3.72. The third-order valence-corrected chi connectivity index (χ3v) is 5.16. The van der Waals surface area contributed by atoms with Gasteiger partial charge in [-0.1, -0.05) is 23.5 Å². The van der Waals surface area contributed by atoms with Crippen LogP contribution in [0.15, 0.2) is 69.9 Å². The summed E-state index contributed by atoms with van der Waals surface area (Å²) < 4.78 is 16.1. The van der Waals surface area contributed by atoms with Crippen LogP contribution in [0.25, 0.3) is 22.1 Å². The number of nitrogens with zero attached hydrogens (tertiary/aromatic N) is 1. The van der Waals surface area contributed by atoms with E-state index in [9.17, 15) is 4.79 Å². The smallest absolute Gasteiger partial charge is 0.226 e. The standard InChI is InChI=1S/C21H18N2O4S/c1-25-15-9-6-14(7-10-15)8-11-18(24)22-21-23-19(16-4-2-12-26-16)20(28-21)17-5-3-13-27-17/h2-7,9-10,12-13H,8,11H2,1H3,(H,22,23,24). The third kappa shape index (κ3) is 3.99. The summed E-state index contributed by atoms with van der Waals surface area (Å²) in [5.41, 5.74) is 1.72. The lowest BCUT2D eigenvalue weighted by molar-refractivity contribution is -0.116. The lowest BCUT2D eigenvalue weighted by Gasteiger charge is -2.04. The maximum absolute atomic E-state index is 12.4. The average Bonchev–Trinajstić information content (AvgIpc) is 3.47. The molecule has 6 nitrogen and oxygen atoms in total. The molecule has 0 unspecified atom stereocenters. The summed E-state index contributed by atoms with van der Waals surface area (Å²) in [6.45, 7) is 0. The number of ether oxygens (including phenoxy) is 1. The number of thiazole rings is 1. The molecular formula is C21H18N2O4S. The predicted molar refractivity (Wildman–Crippen MR) is 107 cm³/mol. The number of methoxy groups -OCH3 is 1. The Bertz CT molecular complexity index is 983. The summed E-state index contributed by atoms with van der Waals surface area (Å²) in [5.74, 6) is 2.01. The first-order valence-electron chi connectivity index (χ1n) is 8.74. The Kier molecular flexibility index (Phi) is 5.25. The largest absolute Gasteiger partial charge is 0.497 e. The molecule has 0 fully saturated rings. The topological polar surface area (TPSA) is 77.5 Å². The molecule has 28 heavy (non-hydrogen) atoms. The molecule has 0 aliphatic carbocycles. The van der Waals surface area contributed by atoms with Gasteiger partial charge in [-0.2, -0.15) is 0 Å². The first-order valence-corrected chi connectivity index (χ1v) is 9.56. The van der Waals surface area contributed by atoms with Crippen LogP contribution in [0.5, 0.6) is 5.75 Å². The molecule has 0 saturated carbocycles. The quantitative estimate of drug-likeness (QED) is 0.464. The molecule has 3 aromatic heterocycles. The van der Waals surface area contributed by atoms with Crippen LogP contribution in [-0.2, 0) is 11.2 Å². The fraction of sp³-hybridized carbons (Fsp3) is 0.143. The van der Waals surface area contributed by atoms with Crippen molar-refractivity contribution in [3.8, 4) is 27.8 Å². The molecule has 0 spiro atoms. The molecule has 0 aliphatic heterocycles. The van der Waals surface area contributed by atoms with Gasteiger partial charge in [0.25, 0.3) is 0 Å². The number of hydrogen-bond acceptors (Lipinski definition) is 6. The normalized spacial score (nSPS) is 10.8. The lowest BCUT2D eigenvalue weighted by atomic mass is 10.1. The van der Waals surface area contributed by atoms with Crippen molar-refractivity contribution in [3.63, 3.8) is 0 Å². The highest BCUT2D eigenvalue weighted by molar-refractivity contribution is 7.19. The zero-order valence-electron chi connectivity index (χ0n) is 15.2. The molecule has 4 rings (SSSR count). The van der Waals surface area contributed by atoms with E-state index >= 15 is 0 Å². The fourth-order valence-electron chi connectivity index (χ4n) is 2.76. The number of rotatable bonds is 7. The molecular weight excluding hydrogens is 376 g/mol. The van der Waals surface area contributed by atoms with Gasteiger partial charge in [-0.15, -0.1) is 0 Å². The van der Waals surface area contributed by atoms with E-state index in [2.05, 4.69) is 10.3 Å². The maximum Gasteiger partial charge on any atom is 0.226 e. The maximum atomic E-state index is 12.4. The molecule has 0 bridgehead atoms. The van der Waals surface area contributed by atoms with Gasteiger partial charge in [0.05, 0.1) is 19.6 Å². The summed E-state index contributed by atoms with van der Waals surface area (Å²) >= 11 is 1.36. The molecule has 3 heterocycles. The van der Waals surface area contributed by atoms with Crippen molar-refractivity contribution in [1.82, 2.24) is 4.98 Å². The SMILES string of the molecule is COc1ccc(CCC(=O)Nc2nc(-c3ccco3)c(-c3ccco3)s2)cc1. The van der Waals surface area contributed by atoms with E-state index in [1.54, 1.807) is 25.7 Å². The van der Waals surface area contributed by atoms with E-state index in [1.165, 1.54) is 11.3 Å². The van der Waals surface area contributed by atoms with Crippen molar-refractivity contribution in [2.24, 2.45) is 0 Å². The summed E-state index contributed by atoms with van der Waals surface area (Å²) in [6, 6.07) is 15.0. The van der Waals surface area contributed by atoms with Crippen molar-refractivity contribution in [3.05, 3.63) is 66.6 Å². The van der Waals surface area contributed by atoms with Gasteiger partial charge in [0.15, 0.2) is 10.9 Å². The first-order chi connectivity index (χ1) is 13.7. The number of carbonyl (C=O) groups excluding carboxylic acids is 1. The van der Waals surface area contributed by atoms with Crippen LogP contribution in [0.2, 0.25) is 0 Å². The Labute approximate surface area is 165 Å². The highest BCUT2D eigenvalue weighted by atomic mass is 32.1. The van der Waals surface area contributed by atoms with E-state index in [0.29, 0.717) is 35.2 Å². The van der Waals surface area contributed by atoms with Crippen molar-refractivity contribution in [2.75, 3.05) is 12.4 Å². The molecule has 4 aromatic rings. The number of benzene rings is 1. The van der Waals surface area contributed by atoms with E-state index in [4.69, 9.17) is 13.6 Å². The monoisotopic (exact) mass is 394 g/mol. The molecule has 0 aliphatic rings. The first kappa shape index (κ1) is 18.1. The molecule has 0 radical (unpaired) electrons. The molecule has 0 atom stereocenters. The van der Waals surface area contributed by atoms with Crippen LogP contribution in [0.4, 0.5) is 5.13 Å². The third-order valence-electron chi connectivity index (χ3n) is 4.17. The van der Waals surface area contributed by atoms with Gasteiger partial charge in [-0.3, -0.25) is 4.79 Å². The van der Waals surface area contributed by atoms with E-state index < -0.39 is 0 Å². The Morgan fingerprint density at radius 1 is 1.07 bits per heavy atom. The number of aryl methyl sites for hydroxylation is 1. The summed E-state index contributed by atoms with van der Waals surface area (Å²) in [7, 11) is 1.63. The molecule has 142 valence electrons. The molecule has 1 aromatic carbocycles. The zero-order valence-corrected chi connectivity index (χ0v) is 16.0. The minimum absolute atomic E-state index is 0.0958. The number of aromatic nitrogens is 1. The zero-order chi connectivity index (χ0) is 19.3. The van der Waals surface area contributed by atoms with Gasteiger partial charge in [0, 0.05) is 6.42 Å². The number of amides is 1. The summed E-state index contributed by atoms with van der Waals surface area (Å²) in [6.07, 6.45) is 4.19. The molecule has 1 amide bonds. The summed E-state index contributed by atoms with van der Waals surface area (Å²) in [4.78, 5) is 17.7. The second-order valence-electron chi connectivity index (χ2n) is 6.05. The Morgan fingerprint density at radius 3 is 2.43 bits per heavy atom. The van der Waals surface area contributed by atoms with Crippen molar-refractivity contribution in [1.29, 1.82) is 0 Å². The van der Waals surface area contributed by atoms with Gasteiger partial charge in [-0.05, 0) is 48.4 Å². The van der Waals surface area contributed by atoms with E-state index in [-0.39, 0.29) is 5.91 Å². The number of hydrogen-bond donors (Lipinski definition) is 1. The lowest BCUT2D eigenvalue weighted by Crippen LogP contribution is -2.12. The van der Waals surface area contributed by atoms with Crippen LogP contribution in [0.1, 0.15) is 12.0 Å². The van der Waals surface area contributed by atoms with E-state index in [0.717, 1.165) is 16.2 Å². The van der Waals surface area contributed by atoms with Gasteiger partial charge in [0.2, 0.25) is 5.91 Å². The number of anilines is 1. The van der Waals surface area contributed by atoms with Gasteiger partial charge in [0.1, 0.15) is 22.1 Å². The molecule has 0 saturated heterocycles. The number of furan rings is 2. The second-order valence-corrected chi connectivity index (χ2v) is 7.05. The van der Waals surface area contributed by atoms with Crippen molar-refractivity contribution in [2.45, 2.75) is 12.8 Å². The Hall–Kier alpha value is -3.32. The van der Waals surface area contributed by atoms with Crippen LogP contribution in [0.3, 0.4) is 0 Å². The predicted octanol–water partition coefficient (Wildman–Crippen LogP) is 5.24. The van der Waals surface area contributed by atoms with Crippen molar-refractivity contribution < 1.29 is 18.4 Å². The molecule has 1 N–H and O–H groups in total.